The van der Waals surface area contributed by atoms with Crippen molar-refractivity contribution in [1.29, 1.82) is 0 Å². The molecule has 0 aliphatic carbocycles. The highest BCUT2D eigenvalue weighted by Crippen LogP contribution is 2.13. The minimum Gasteiger partial charge on any atom is -1.00 e. The van der Waals surface area contributed by atoms with E-state index in [9.17, 15) is 5.11 Å². The van der Waals surface area contributed by atoms with Crippen LogP contribution in [0.2, 0.25) is 0 Å². The van der Waals surface area contributed by atoms with Gasteiger partial charge in [0.1, 0.15) is 12.3 Å². The van der Waals surface area contributed by atoms with E-state index in [-0.39, 0.29) is 17.0 Å². The Morgan fingerprint density at radius 3 is 2.31 bits per heavy atom. The maximum atomic E-state index is 9.20. The van der Waals surface area contributed by atoms with Gasteiger partial charge in [-0.25, -0.2) is 0 Å². The maximum Gasteiger partial charge on any atom is 0.116 e. The topological polar surface area (TPSA) is 20.2 Å². The average Bonchev–Trinajstić information content (AvgIpc) is 1.82. The maximum absolute atomic E-state index is 9.20. The number of phenolic OH excluding ortho intramolecular Hbond substituents is 1. The molecule has 0 radical (unpaired) electrons. The van der Waals surface area contributed by atoms with E-state index in [0.717, 1.165) is 11.0 Å². The van der Waals surface area contributed by atoms with Gasteiger partial charge < -0.3 is 26.6 Å². The van der Waals surface area contributed by atoms with Crippen molar-refractivity contribution >= 4 is 0 Å². The lowest BCUT2D eigenvalue weighted by atomic mass is 10.2. The summed E-state index contributed by atoms with van der Waals surface area (Å²) in [6, 6.07) is 7.41. The zero-order valence-electron chi connectivity index (χ0n) is 8.29. The van der Waals surface area contributed by atoms with Crippen molar-refractivity contribution in [3.05, 3.63) is 29.8 Å². The number of nitrogens with zero attached hydrogens (tertiary/aromatic N) is 1. The summed E-state index contributed by atoms with van der Waals surface area (Å²) in [5.74, 6) is 0.348. The molecule has 1 aromatic rings. The molecule has 13 heavy (non-hydrogen) atoms. The summed E-state index contributed by atoms with van der Waals surface area (Å²) in [4.78, 5) is 0. The summed E-state index contributed by atoms with van der Waals surface area (Å²) < 4.78 is 0.878. The molecule has 2 nitrogen and oxygen atoms in total. The first-order valence-electron chi connectivity index (χ1n) is 4.06. The first-order chi connectivity index (χ1) is 5.47. The molecule has 0 saturated carbocycles. The van der Waals surface area contributed by atoms with Crippen molar-refractivity contribution in [3.8, 4) is 5.75 Å². The Labute approximate surface area is 90.2 Å². The summed E-state index contributed by atoms with van der Waals surface area (Å²) in [5.41, 5.74) is 1.17. The van der Waals surface area contributed by atoms with Gasteiger partial charge in [-0.1, -0.05) is 12.1 Å². The highest BCUT2D eigenvalue weighted by Gasteiger charge is 2.07. The van der Waals surface area contributed by atoms with E-state index in [2.05, 4.69) is 21.1 Å². The van der Waals surface area contributed by atoms with Gasteiger partial charge in [0.05, 0.1) is 21.1 Å². The van der Waals surface area contributed by atoms with Gasteiger partial charge >= 0.3 is 0 Å². The summed E-state index contributed by atoms with van der Waals surface area (Å²) in [7, 11) is 6.39. The van der Waals surface area contributed by atoms with Crippen LogP contribution in [0.15, 0.2) is 24.3 Å². The third-order valence-electron chi connectivity index (χ3n) is 1.57. The number of aromatic hydroxyl groups is 1. The van der Waals surface area contributed by atoms with Crippen LogP contribution in [0.3, 0.4) is 0 Å². The Hall–Kier alpha value is -0.540. The Kier molecular flexibility index (Phi) is 4.44. The molecule has 74 valence electrons. The van der Waals surface area contributed by atoms with Gasteiger partial charge in [0.2, 0.25) is 0 Å². The van der Waals surface area contributed by atoms with Gasteiger partial charge in [-0.3, -0.25) is 0 Å². The highest BCUT2D eigenvalue weighted by atomic mass is 79.9. The first-order valence-corrected chi connectivity index (χ1v) is 4.06. The molecule has 0 aromatic heterocycles. The lowest BCUT2D eigenvalue weighted by molar-refractivity contribution is -0.884. The number of phenols is 1. The first kappa shape index (κ1) is 12.5. The SMILES string of the molecule is C[N+](C)(C)Cc1cccc(O)c1.[Br-]. The zero-order valence-corrected chi connectivity index (χ0v) is 9.87. The second-order valence-corrected chi connectivity index (χ2v) is 4.12. The van der Waals surface area contributed by atoms with Crippen LogP contribution >= 0.6 is 0 Å². The van der Waals surface area contributed by atoms with Crippen molar-refractivity contribution in [1.82, 2.24) is 0 Å². The summed E-state index contributed by atoms with van der Waals surface area (Å²) in [6.07, 6.45) is 0. The third kappa shape index (κ3) is 4.90. The van der Waals surface area contributed by atoms with Gasteiger partial charge in [0, 0.05) is 5.56 Å². The van der Waals surface area contributed by atoms with Crippen LogP contribution in [0.25, 0.3) is 0 Å². The van der Waals surface area contributed by atoms with Crippen LogP contribution in [-0.4, -0.2) is 30.7 Å². The fraction of sp³-hybridized carbons (Fsp3) is 0.400. The van der Waals surface area contributed by atoms with Gasteiger partial charge in [0.15, 0.2) is 0 Å². The molecule has 1 aromatic carbocycles. The number of quaternary nitrogens is 1. The average molecular weight is 246 g/mol. The number of benzene rings is 1. The molecule has 0 aliphatic heterocycles. The van der Waals surface area contributed by atoms with Crippen LogP contribution in [0.4, 0.5) is 0 Å². The molecule has 0 bridgehead atoms. The van der Waals surface area contributed by atoms with Gasteiger partial charge in [-0.05, 0) is 12.1 Å². The normalized spacial score (nSPS) is 10.7. The van der Waals surface area contributed by atoms with E-state index in [1.807, 2.05) is 18.2 Å². The molecule has 0 aliphatic rings. The Bertz CT molecular complexity index is 268. The molecule has 0 unspecified atom stereocenters. The Morgan fingerprint density at radius 1 is 1.23 bits per heavy atom. The second-order valence-electron chi connectivity index (χ2n) is 4.12. The van der Waals surface area contributed by atoms with Crippen molar-refractivity contribution in [2.45, 2.75) is 6.54 Å². The smallest absolute Gasteiger partial charge is 0.116 e. The minimum atomic E-state index is 0. The predicted octanol–water partition coefficient (Wildman–Crippen LogP) is -1.40. The zero-order chi connectivity index (χ0) is 9.19. The van der Waals surface area contributed by atoms with Crippen LogP contribution in [0.1, 0.15) is 5.56 Å². The van der Waals surface area contributed by atoms with Crippen LogP contribution < -0.4 is 17.0 Å². The van der Waals surface area contributed by atoms with Crippen molar-refractivity contribution in [3.63, 3.8) is 0 Å². The van der Waals surface area contributed by atoms with Crippen LogP contribution in [0, 0.1) is 0 Å². The standard InChI is InChI=1S/C10H15NO.BrH/c1-11(2,3)8-9-5-4-6-10(12)7-9;/h4-7H,8H2,1-3H3;1H. The quantitative estimate of drug-likeness (QED) is 0.637. The van der Waals surface area contributed by atoms with E-state index in [1.54, 1.807) is 6.07 Å². The molecule has 1 rings (SSSR count). The Balaban J connectivity index is 0.00000144. The van der Waals surface area contributed by atoms with E-state index in [4.69, 9.17) is 0 Å². The highest BCUT2D eigenvalue weighted by molar-refractivity contribution is 5.26. The molecule has 0 atom stereocenters. The van der Waals surface area contributed by atoms with Crippen molar-refractivity contribution in [2.24, 2.45) is 0 Å². The largest absolute Gasteiger partial charge is 1.00 e. The predicted molar refractivity (Wildman–Crippen MR) is 49.8 cm³/mol. The van der Waals surface area contributed by atoms with Gasteiger partial charge in [0.25, 0.3) is 0 Å². The fourth-order valence-electron chi connectivity index (χ4n) is 1.20. The molecular formula is C10H16BrNO. The van der Waals surface area contributed by atoms with Crippen LogP contribution in [-0.2, 0) is 6.54 Å². The van der Waals surface area contributed by atoms with E-state index in [0.29, 0.717) is 5.75 Å². The van der Waals surface area contributed by atoms with Gasteiger partial charge in [-0.2, -0.15) is 0 Å². The number of hydrogen-bond acceptors (Lipinski definition) is 1. The molecular weight excluding hydrogens is 230 g/mol. The minimum absolute atomic E-state index is 0. The molecule has 1 N–H and O–H groups in total. The monoisotopic (exact) mass is 245 g/mol. The summed E-state index contributed by atoms with van der Waals surface area (Å²) >= 11 is 0. The van der Waals surface area contributed by atoms with E-state index < -0.39 is 0 Å². The molecule has 0 fully saturated rings. The van der Waals surface area contributed by atoms with Crippen molar-refractivity contribution in [2.75, 3.05) is 21.1 Å². The second kappa shape index (κ2) is 4.63. The lowest BCUT2D eigenvalue weighted by Gasteiger charge is -2.23. The molecule has 0 amide bonds. The summed E-state index contributed by atoms with van der Waals surface area (Å²) in [5, 5.41) is 9.20. The van der Waals surface area contributed by atoms with E-state index >= 15 is 0 Å². The number of halogens is 1. The number of hydrogen-bond donors (Lipinski definition) is 1. The summed E-state index contributed by atoms with van der Waals surface area (Å²) in [6.45, 7) is 0.939. The van der Waals surface area contributed by atoms with Gasteiger partial charge in [-0.15, -0.1) is 0 Å². The Morgan fingerprint density at radius 2 is 1.85 bits per heavy atom. The molecule has 0 heterocycles. The van der Waals surface area contributed by atoms with E-state index in [1.165, 1.54) is 5.56 Å². The molecule has 0 saturated heterocycles. The van der Waals surface area contributed by atoms with Crippen LogP contribution in [0.5, 0.6) is 5.75 Å². The molecule has 0 spiro atoms. The third-order valence-corrected chi connectivity index (χ3v) is 1.57. The molecule has 3 heteroatoms. The lowest BCUT2D eigenvalue weighted by Crippen LogP contribution is -3.00. The van der Waals surface area contributed by atoms with Crippen molar-refractivity contribution < 1.29 is 26.6 Å². The number of rotatable bonds is 2. The fourth-order valence-corrected chi connectivity index (χ4v) is 1.20.